The summed E-state index contributed by atoms with van der Waals surface area (Å²) < 4.78 is 34.5. The van der Waals surface area contributed by atoms with E-state index in [2.05, 4.69) is 0 Å². The zero-order valence-corrected chi connectivity index (χ0v) is 6.87. The Labute approximate surface area is 40.4 Å². The van der Waals surface area contributed by atoms with E-state index in [0.717, 1.165) is 0 Å². The van der Waals surface area contributed by atoms with Gasteiger partial charge in [0, 0.05) is 0 Å². The summed E-state index contributed by atoms with van der Waals surface area (Å²) in [6, 6.07) is 0. The molecule has 0 aliphatic carbocycles. The minimum atomic E-state index is -5.94. The second-order valence-electron chi connectivity index (χ2n) is 0.378. The number of hydrogen-bond donors (Lipinski definition) is 0. The van der Waals surface area contributed by atoms with E-state index in [9.17, 15) is 0 Å². The Morgan fingerprint density at radius 2 is 1.17 bits per heavy atom. The van der Waals surface area contributed by atoms with E-state index < -0.39 is 15.5 Å². The SMILES string of the molecule is [O]=[Tc](=[O])(=[O])[O-].[PH4+]. The molecule has 0 rings (SSSR count). The van der Waals surface area contributed by atoms with Gasteiger partial charge in [-0.05, 0) is 9.90 Å². The third-order valence-corrected chi connectivity index (χ3v) is 0. The third kappa shape index (κ3) is 272. The first-order chi connectivity index (χ1) is 2.00. The maximum Gasteiger partial charge on any atom is -0.0395 e. The molecule has 0 aliphatic rings. The Morgan fingerprint density at radius 3 is 1.17 bits per heavy atom. The van der Waals surface area contributed by atoms with Crippen molar-refractivity contribution >= 4 is 9.90 Å². The van der Waals surface area contributed by atoms with Gasteiger partial charge in [-0.25, -0.2) is 0 Å². The molecule has 0 bridgehead atoms. The van der Waals surface area contributed by atoms with Gasteiger partial charge in [0.2, 0.25) is 0 Å². The molecule has 6 heavy (non-hydrogen) atoms. The van der Waals surface area contributed by atoms with E-state index in [1.54, 1.807) is 0 Å². The Hall–Kier alpha value is 0.439. The van der Waals surface area contributed by atoms with Gasteiger partial charge in [0.15, 0.2) is 0 Å². The summed E-state index contributed by atoms with van der Waals surface area (Å²) >= 11 is -5.94. The van der Waals surface area contributed by atoms with Gasteiger partial charge in [0.25, 0.3) is 0 Å². The van der Waals surface area contributed by atoms with Crippen LogP contribution in [-0.2, 0) is 26.0 Å². The molecule has 0 heterocycles. The van der Waals surface area contributed by atoms with Gasteiger partial charge in [-0.1, -0.05) is 0 Å². The van der Waals surface area contributed by atoms with E-state index in [1.165, 1.54) is 0 Å². The topological polar surface area (TPSA) is 74.3 Å². The molecule has 1 atom stereocenters. The Kier molecular flexibility index (Phi) is 4.17. The summed E-state index contributed by atoms with van der Waals surface area (Å²) in [6.07, 6.45) is 0. The number of hydrogen-bond acceptors (Lipinski definition) is 4. The third-order valence-electron chi connectivity index (χ3n) is 0. The predicted octanol–water partition coefficient (Wildman–Crippen LogP) is -1.76. The van der Waals surface area contributed by atoms with Gasteiger partial charge in [0.1, 0.15) is 0 Å². The Balaban J connectivity index is 0. The molecule has 0 aromatic carbocycles. The number of rotatable bonds is 0. The Morgan fingerprint density at radius 1 is 1.17 bits per heavy atom. The monoisotopic (exact) mass is 196 g/mol. The van der Waals surface area contributed by atoms with Crippen molar-refractivity contribution in [1.29, 1.82) is 0 Å². The average molecular weight is 197 g/mol. The molecule has 0 aliphatic heterocycles. The second-order valence-corrected chi connectivity index (χ2v) is 2.24. The predicted molar refractivity (Wildman–Crippen MR) is 14.6 cm³/mol. The molecule has 0 fully saturated rings. The summed E-state index contributed by atoms with van der Waals surface area (Å²) in [5, 5.41) is 0. The quantitative estimate of drug-likeness (QED) is 0.431. The van der Waals surface area contributed by atoms with E-state index in [-0.39, 0.29) is 9.90 Å². The summed E-state index contributed by atoms with van der Waals surface area (Å²) in [4.78, 5) is 0. The van der Waals surface area contributed by atoms with Crippen molar-refractivity contribution in [2.45, 2.75) is 0 Å². The first kappa shape index (κ1) is 9.67. The standard InChI is InChI=1S/4O.H3P.Tc/h;;;;1H3;/q;;;-1;;/p+1. The van der Waals surface area contributed by atoms with Gasteiger partial charge in [-0.2, -0.15) is 0 Å². The maximum absolute atomic E-state index is 8.62. The Bertz CT molecular complexity index is 129. The summed E-state index contributed by atoms with van der Waals surface area (Å²) in [5.74, 6) is 0. The molecule has 0 N–H and O–H groups in total. The van der Waals surface area contributed by atoms with Crippen LogP contribution in [0, 0.1) is 0 Å². The molecular weight excluding hydrogens is 193 g/mol. The average Bonchev–Trinajstić information content (AvgIpc) is 0.722. The molecule has 0 aromatic rings. The minimum Gasteiger partial charge on any atom is -0.0395 e. The molecule has 0 aromatic heterocycles. The van der Waals surface area contributed by atoms with Crippen LogP contribution >= 0.6 is 9.90 Å². The zero-order chi connectivity index (χ0) is 4.50. The van der Waals surface area contributed by atoms with Crippen LogP contribution in [0.4, 0.5) is 0 Å². The molecule has 1 unspecified atom stereocenters. The summed E-state index contributed by atoms with van der Waals surface area (Å²) in [7, 11) is 0. The van der Waals surface area contributed by atoms with Gasteiger partial charge in [0.05, 0.1) is 0 Å². The maximum atomic E-state index is 8.62. The van der Waals surface area contributed by atoms with Gasteiger partial charge in [-0.15, -0.1) is 0 Å². The van der Waals surface area contributed by atoms with Crippen molar-refractivity contribution in [1.82, 2.24) is 0 Å². The van der Waals surface area contributed by atoms with Crippen molar-refractivity contribution in [2.24, 2.45) is 0 Å². The summed E-state index contributed by atoms with van der Waals surface area (Å²) in [6.45, 7) is 0. The zero-order valence-electron chi connectivity index (χ0n) is 3.01. The van der Waals surface area contributed by atoms with Crippen molar-refractivity contribution in [3.05, 3.63) is 0 Å². The van der Waals surface area contributed by atoms with Gasteiger partial charge < -0.3 is 0 Å². The smallest absolute Gasteiger partial charge is 0.0395 e. The largest absolute Gasteiger partial charge is 0.0395 e. The molecule has 0 spiro atoms. The van der Waals surface area contributed by atoms with Crippen LogP contribution in [0.25, 0.3) is 0 Å². The van der Waals surface area contributed by atoms with Crippen molar-refractivity contribution in [3.63, 3.8) is 0 Å². The van der Waals surface area contributed by atoms with Crippen LogP contribution in [0.15, 0.2) is 0 Å². The van der Waals surface area contributed by atoms with Crippen LogP contribution < -0.4 is 3.86 Å². The molecule has 0 saturated carbocycles. The van der Waals surface area contributed by atoms with E-state index in [4.69, 9.17) is 14.4 Å². The van der Waals surface area contributed by atoms with Crippen molar-refractivity contribution in [3.8, 4) is 0 Å². The molecule has 0 amide bonds. The molecular formula is H4O4PTc. The second kappa shape index (κ2) is 2.59. The van der Waals surface area contributed by atoms with E-state index >= 15 is 0 Å². The molecule has 0 saturated heterocycles. The van der Waals surface area contributed by atoms with Crippen LogP contribution in [0.1, 0.15) is 0 Å². The molecule has 6 heteroatoms. The van der Waals surface area contributed by atoms with Crippen LogP contribution in [-0.4, -0.2) is 0 Å². The van der Waals surface area contributed by atoms with Gasteiger partial charge in [-0.3, -0.25) is 0 Å². The van der Waals surface area contributed by atoms with E-state index in [0.29, 0.717) is 0 Å². The first-order valence-electron chi connectivity index (χ1n) is 0.617. The fourth-order valence-electron chi connectivity index (χ4n) is 0. The fourth-order valence-corrected chi connectivity index (χ4v) is 0. The van der Waals surface area contributed by atoms with Crippen LogP contribution in [0.3, 0.4) is 0 Å². The molecule has 40 valence electrons. The summed E-state index contributed by atoms with van der Waals surface area (Å²) in [5.41, 5.74) is 0. The van der Waals surface area contributed by atoms with Crippen molar-refractivity contribution < 1.29 is 29.9 Å². The van der Waals surface area contributed by atoms with E-state index in [1.807, 2.05) is 0 Å². The normalized spacial score (nSPS) is 9.50. The molecule has 0 radical (unpaired) electrons. The fraction of sp³-hybridized carbons (Fsp3) is 0. The minimum absolute atomic E-state index is 0. The molecule has 4 nitrogen and oxygen atoms in total. The van der Waals surface area contributed by atoms with Crippen LogP contribution in [0.5, 0.6) is 0 Å². The first-order valence-corrected chi connectivity index (χ1v) is 3.65. The van der Waals surface area contributed by atoms with Crippen molar-refractivity contribution in [2.75, 3.05) is 0 Å². The van der Waals surface area contributed by atoms with Crippen LogP contribution in [0.2, 0.25) is 0 Å². The van der Waals surface area contributed by atoms with Gasteiger partial charge >= 0.3 is 29.9 Å².